The van der Waals surface area contributed by atoms with Crippen LogP contribution in [0.15, 0.2) is 34.3 Å². The Labute approximate surface area is 287 Å². The number of thiazole rings is 1. The van der Waals surface area contributed by atoms with Crippen LogP contribution >= 0.6 is 23.7 Å². The Kier molecular flexibility index (Phi) is 14.5. The van der Waals surface area contributed by atoms with Gasteiger partial charge in [0.15, 0.2) is 5.76 Å². The van der Waals surface area contributed by atoms with Crippen molar-refractivity contribution in [3.8, 4) is 22.1 Å². The van der Waals surface area contributed by atoms with Gasteiger partial charge in [0.1, 0.15) is 23.8 Å². The number of benzene rings is 1. The Bertz CT molecular complexity index is 1450. The van der Waals surface area contributed by atoms with Gasteiger partial charge in [0.2, 0.25) is 11.8 Å². The maximum atomic E-state index is 14.4. The lowest BCUT2D eigenvalue weighted by Gasteiger charge is -2.42. The van der Waals surface area contributed by atoms with Crippen molar-refractivity contribution in [2.75, 3.05) is 60.3 Å². The second-order valence-corrected chi connectivity index (χ2v) is 12.6. The van der Waals surface area contributed by atoms with Crippen molar-refractivity contribution in [3.63, 3.8) is 0 Å². The summed E-state index contributed by atoms with van der Waals surface area (Å²) in [5.41, 5.74) is 9.46. The monoisotopic (exact) mass is 693 g/mol. The van der Waals surface area contributed by atoms with Crippen LogP contribution in [-0.4, -0.2) is 92.7 Å². The van der Waals surface area contributed by atoms with Crippen LogP contribution in [-0.2, 0) is 19.1 Å². The first-order valence-electron chi connectivity index (χ1n) is 15.7. The Morgan fingerprint density at radius 3 is 2.49 bits per heavy atom. The number of aryl methyl sites for hydroxylation is 1. The number of rotatable bonds is 18. The number of carbonyl (C=O) groups is 2. The minimum atomic E-state index is -1.26. The molecule has 3 atom stereocenters. The van der Waals surface area contributed by atoms with Gasteiger partial charge in [-0.15, -0.1) is 23.7 Å². The highest BCUT2D eigenvalue weighted by Crippen LogP contribution is 2.47. The van der Waals surface area contributed by atoms with Crippen LogP contribution in [0, 0.1) is 12.8 Å². The Balaban J connectivity index is 0.00000600. The molecule has 2 aromatic heterocycles. The molecule has 3 N–H and O–H groups in total. The van der Waals surface area contributed by atoms with Gasteiger partial charge >= 0.3 is 0 Å². The van der Waals surface area contributed by atoms with Gasteiger partial charge in [-0.1, -0.05) is 32.9 Å². The normalized spacial score (nSPS) is 17.4. The number of hydrogen-bond donors (Lipinski definition) is 2. The molecule has 1 aliphatic heterocycles. The number of nitrogens with zero attached hydrogens (tertiary/aromatic N) is 3. The summed E-state index contributed by atoms with van der Waals surface area (Å²) in [4.78, 5) is 34.9. The fourth-order valence-electron chi connectivity index (χ4n) is 6.21. The van der Waals surface area contributed by atoms with Crippen molar-refractivity contribution in [2.24, 2.45) is 11.7 Å². The molecule has 1 saturated heterocycles. The second-order valence-electron chi connectivity index (χ2n) is 11.8. The molecule has 1 aliphatic rings. The standard InChI is InChI=1S/C33H47N5O7S.ClH/c1-21(2)29(27-19-28(37-45-27)44-17-16-43-15-14-42-13-11-35-5)31(39)38-12-7-10-33(38,32(34)40)22(3)25-9-8-24(18-26(25)41-6)30-23(4)36-20-46-30;/h8-9,18-22,29,35H,7,10-17H2,1-6H3,(H2,34,40);1H/t22-,29-,33?;/m0./s1. The van der Waals surface area contributed by atoms with E-state index in [1.165, 1.54) is 0 Å². The molecule has 2 amide bonds. The number of likely N-dealkylation sites (N-methyl/N-ethyl adjacent to an activating group) is 1. The molecule has 4 rings (SSSR count). The number of primary amides is 1. The number of amides is 2. The zero-order valence-corrected chi connectivity index (χ0v) is 29.7. The molecule has 0 radical (unpaired) electrons. The third-order valence-electron chi connectivity index (χ3n) is 8.63. The first-order chi connectivity index (χ1) is 22.1. The summed E-state index contributed by atoms with van der Waals surface area (Å²) in [7, 11) is 3.48. The lowest BCUT2D eigenvalue weighted by molar-refractivity contribution is -0.147. The van der Waals surface area contributed by atoms with Gasteiger partial charge < -0.3 is 39.4 Å². The van der Waals surface area contributed by atoms with E-state index in [0.29, 0.717) is 57.3 Å². The molecule has 14 heteroatoms. The van der Waals surface area contributed by atoms with Crippen LogP contribution in [0.3, 0.4) is 0 Å². The van der Waals surface area contributed by atoms with E-state index in [-0.39, 0.29) is 36.7 Å². The van der Waals surface area contributed by atoms with Crippen molar-refractivity contribution in [1.82, 2.24) is 20.4 Å². The van der Waals surface area contributed by atoms with E-state index in [1.807, 2.05) is 58.5 Å². The van der Waals surface area contributed by atoms with Gasteiger partial charge in [-0.3, -0.25) is 9.59 Å². The van der Waals surface area contributed by atoms with Crippen molar-refractivity contribution in [3.05, 3.63) is 46.8 Å². The Morgan fingerprint density at radius 2 is 1.85 bits per heavy atom. The third-order valence-corrected chi connectivity index (χ3v) is 9.61. The van der Waals surface area contributed by atoms with Gasteiger partial charge in [0.25, 0.3) is 5.88 Å². The van der Waals surface area contributed by atoms with Gasteiger partial charge in [0, 0.05) is 25.1 Å². The Hall–Kier alpha value is -3.23. The van der Waals surface area contributed by atoms with E-state index in [0.717, 1.165) is 28.2 Å². The number of carbonyl (C=O) groups excluding carboxylic acids is 2. The van der Waals surface area contributed by atoms with Crippen LogP contribution < -0.4 is 20.5 Å². The highest BCUT2D eigenvalue weighted by molar-refractivity contribution is 7.13. The highest BCUT2D eigenvalue weighted by atomic mass is 35.5. The Morgan fingerprint density at radius 1 is 1.13 bits per heavy atom. The van der Waals surface area contributed by atoms with E-state index >= 15 is 0 Å². The molecule has 0 saturated carbocycles. The molecule has 3 aromatic rings. The van der Waals surface area contributed by atoms with E-state index in [1.54, 1.807) is 29.4 Å². The summed E-state index contributed by atoms with van der Waals surface area (Å²) in [6, 6.07) is 7.56. The molecule has 260 valence electrons. The number of halogens is 1. The lowest BCUT2D eigenvalue weighted by atomic mass is 9.76. The molecule has 12 nitrogen and oxygen atoms in total. The molecule has 0 aliphatic carbocycles. The average Bonchev–Trinajstić information content (AvgIpc) is 3.80. The third kappa shape index (κ3) is 8.63. The topological polar surface area (TPSA) is 151 Å². The van der Waals surface area contributed by atoms with Crippen molar-refractivity contribution in [2.45, 2.75) is 57.9 Å². The predicted octanol–water partition coefficient (Wildman–Crippen LogP) is 4.56. The molecule has 1 aromatic carbocycles. The van der Waals surface area contributed by atoms with Gasteiger partial charge in [-0.2, -0.15) is 0 Å². The maximum absolute atomic E-state index is 14.4. The zero-order chi connectivity index (χ0) is 33.3. The van der Waals surface area contributed by atoms with Crippen molar-refractivity contribution in [1.29, 1.82) is 0 Å². The summed E-state index contributed by atoms with van der Waals surface area (Å²) < 4.78 is 28.2. The molecule has 0 spiro atoms. The first-order valence-corrected chi connectivity index (χ1v) is 16.6. The largest absolute Gasteiger partial charge is 0.496 e. The summed E-state index contributed by atoms with van der Waals surface area (Å²) in [5.74, 6) is -0.826. The summed E-state index contributed by atoms with van der Waals surface area (Å²) in [6.45, 7) is 11.2. The van der Waals surface area contributed by atoms with E-state index in [4.69, 9.17) is 29.2 Å². The molecular weight excluding hydrogens is 646 g/mol. The van der Waals surface area contributed by atoms with Gasteiger partial charge in [-0.05, 0) is 55.1 Å². The number of nitrogens with one attached hydrogen (secondary N) is 1. The fraction of sp³-hybridized carbons (Fsp3) is 0.576. The van der Waals surface area contributed by atoms with Gasteiger partial charge in [0.05, 0.1) is 49.6 Å². The number of nitrogens with two attached hydrogens (primary N) is 1. The number of aromatic nitrogens is 2. The van der Waals surface area contributed by atoms with Crippen LogP contribution in [0.5, 0.6) is 11.6 Å². The zero-order valence-electron chi connectivity index (χ0n) is 28.1. The van der Waals surface area contributed by atoms with Crippen LogP contribution in [0.2, 0.25) is 0 Å². The molecule has 1 unspecified atom stereocenters. The quantitative estimate of drug-likeness (QED) is 0.182. The number of likely N-dealkylation sites (tertiary alicyclic amines) is 1. The first kappa shape index (κ1) is 38.2. The molecule has 1 fully saturated rings. The SMILES string of the molecule is CNCCOCCOCCOc1cc([C@@H](C(=O)N2CCCC2(C(N)=O)[C@@H](C)c2ccc(-c3scnc3C)cc2OC)C(C)C)on1.Cl. The summed E-state index contributed by atoms with van der Waals surface area (Å²) in [6.07, 6.45) is 1.07. The van der Waals surface area contributed by atoms with Gasteiger partial charge in [-0.25, -0.2) is 4.98 Å². The van der Waals surface area contributed by atoms with Crippen molar-refractivity contribution >= 4 is 35.6 Å². The number of ether oxygens (including phenoxy) is 4. The molecule has 3 heterocycles. The average molecular weight is 694 g/mol. The van der Waals surface area contributed by atoms with E-state index in [2.05, 4.69) is 15.5 Å². The minimum absolute atomic E-state index is 0. The highest BCUT2D eigenvalue weighted by Gasteiger charge is 2.54. The van der Waals surface area contributed by atoms with Crippen molar-refractivity contribution < 1.29 is 33.1 Å². The minimum Gasteiger partial charge on any atom is -0.496 e. The summed E-state index contributed by atoms with van der Waals surface area (Å²) in [5, 5.41) is 7.06. The summed E-state index contributed by atoms with van der Waals surface area (Å²) >= 11 is 1.56. The number of methoxy groups -OCH3 is 1. The molecular formula is C33H48ClN5O7S. The smallest absolute Gasteiger partial charge is 0.254 e. The fourth-order valence-corrected chi connectivity index (χ4v) is 7.01. The molecule has 0 bridgehead atoms. The van der Waals surface area contributed by atoms with Crippen LogP contribution in [0.25, 0.3) is 10.4 Å². The van der Waals surface area contributed by atoms with E-state index in [9.17, 15) is 9.59 Å². The molecule has 47 heavy (non-hydrogen) atoms. The second kappa shape index (κ2) is 17.8. The maximum Gasteiger partial charge on any atom is 0.254 e. The lowest BCUT2D eigenvalue weighted by Crippen LogP contribution is -2.60. The predicted molar refractivity (Wildman–Crippen MR) is 183 cm³/mol. The van der Waals surface area contributed by atoms with Crippen LogP contribution in [0.1, 0.15) is 62.5 Å². The van der Waals surface area contributed by atoms with E-state index < -0.39 is 23.3 Å². The number of hydrogen-bond acceptors (Lipinski definition) is 11. The van der Waals surface area contributed by atoms with Crippen LogP contribution in [0.4, 0.5) is 0 Å².